The van der Waals surface area contributed by atoms with Crippen LogP contribution in [-0.2, 0) is 25.3 Å². The monoisotopic (exact) mass is 387 g/mol. The number of alkyl halides is 3. The van der Waals surface area contributed by atoms with Gasteiger partial charge in [0.2, 0.25) is 17.7 Å². The zero-order valence-electron chi connectivity index (χ0n) is 14.6. The van der Waals surface area contributed by atoms with Crippen molar-refractivity contribution >= 4 is 23.4 Å². The van der Waals surface area contributed by atoms with Crippen molar-refractivity contribution in [2.45, 2.75) is 12.6 Å². The fraction of sp³-hybridized carbons (Fsp3) is 0.471. The first-order chi connectivity index (χ1) is 12.7. The van der Waals surface area contributed by atoms with E-state index in [0.717, 1.165) is 12.1 Å². The van der Waals surface area contributed by atoms with Gasteiger partial charge in [0.25, 0.3) is 0 Å². The maximum atomic E-state index is 12.8. The normalized spacial score (nSPS) is 17.1. The van der Waals surface area contributed by atoms with E-state index in [1.54, 1.807) is 0 Å². The van der Waals surface area contributed by atoms with Gasteiger partial charge in [0.05, 0.1) is 11.5 Å². The van der Waals surface area contributed by atoms with E-state index in [1.165, 1.54) is 24.1 Å². The van der Waals surface area contributed by atoms with E-state index in [0.29, 0.717) is 0 Å². The molecular formula is C17H20F3N3O4. The summed E-state index contributed by atoms with van der Waals surface area (Å²) in [6.45, 7) is 0.285. The van der Waals surface area contributed by atoms with E-state index in [2.05, 4.69) is 15.4 Å². The van der Waals surface area contributed by atoms with Crippen molar-refractivity contribution in [2.24, 2.45) is 5.92 Å². The van der Waals surface area contributed by atoms with Crippen molar-refractivity contribution in [3.8, 4) is 0 Å². The van der Waals surface area contributed by atoms with Crippen LogP contribution in [0.1, 0.15) is 12.0 Å². The molecule has 2 N–H and O–H groups in total. The molecule has 0 unspecified atom stereocenters. The lowest BCUT2D eigenvalue weighted by atomic mass is 10.1. The van der Waals surface area contributed by atoms with Crippen LogP contribution in [-0.4, -0.2) is 51.1 Å². The molecule has 2 rings (SSSR count). The third-order valence-corrected chi connectivity index (χ3v) is 4.00. The molecule has 0 saturated carbocycles. The first kappa shape index (κ1) is 20.7. The van der Waals surface area contributed by atoms with E-state index in [-0.39, 0.29) is 50.2 Å². The smallest absolute Gasteiger partial charge is 0.375 e. The lowest BCUT2D eigenvalue weighted by Gasteiger charge is -2.18. The molecule has 1 aliphatic rings. The minimum Gasteiger partial charge on any atom is -0.375 e. The Hall–Kier alpha value is -2.62. The van der Waals surface area contributed by atoms with Crippen molar-refractivity contribution in [3.05, 3.63) is 29.8 Å². The quantitative estimate of drug-likeness (QED) is 0.682. The largest absolute Gasteiger partial charge is 0.416 e. The second-order valence-electron chi connectivity index (χ2n) is 6.03. The van der Waals surface area contributed by atoms with Gasteiger partial charge < -0.3 is 20.3 Å². The summed E-state index contributed by atoms with van der Waals surface area (Å²) in [4.78, 5) is 36.7. The topological polar surface area (TPSA) is 87.7 Å². The lowest BCUT2D eigenvalue weighted by molar-refractivity contribution is -0.137. The van der Waals surface area contributed by atoms with E-state index in [4.69, 9.17) is 0 Å². The van der Waals surface area contributed by atoms with Crippen LogP contribution >= 0.6 is 0 Å². The predicted octanol–water partition coefficient (Wildman–Crippen LogP) is 0.937. The summed E-state index contributed by atoms with van der Waals surface area (Å²) in [7, 11) is 1.38. The summed E-state index contributed by atoms with van der Waals surface area (Å²) in [5, 5.41) is 5.13. The van der Waals surface area contributed by atoms with E-state index in [9.17, 15) is 27.6 Å². The van der Waals surface area contributed by atoms with Crippen LogP contribution in [0.4, 0.5) is 18.9 Å². The molecule has 27 heavy (non-hydrogen) atoms. The molecule has 10 heteroatoms. The van der Waals surface area contributed by atoms with Crippen LogP contribution in [0, 0.1) is 5.92 Å². The standard InChI is InChI=1S/C17H20F3N3O4/c1-27-10-14(24)21-5-6-22-16(26)11-7-15(25)23(9-11)13-4-2-3-12(8-13)17(18,19)20/h2-4,8,11H,5-7,9-10H2,1H3,(H,21,24)(H,22,26)/t11-/m0/s1. The molecule has 148 valence electrons. The third kappa shape index (κ3) is 5.68. The van der Waals surface area contributed by atoms with Gasteiger partial charge in [-0.3, -0.25) is 14.4 Å². The number of anilines is 1. The van der Waals surface area contributed by atoms with Gasteiger partial charge in [-0.1, -0.05) is 6.07 Å². The summed E-state index contributed by atoms with van der Waals surface area (Å²) < 4.78 is 43.1. The van der Waals surface area contributed by atoms with E-state index in [1.807, 2.05) is 0 Å². The van der Waals surface area contributed by atoms with Crippen LogP contribution in [0.3, 0.4) is 0 Å². The zero-order valence-corrected chi connectivity index (χ0v) is 14.6. The molecule has 0 radical (unpaired) electrons. The van der Waals surface area contributed by atoms with Gasteiger partial charge >= 0.3 is 6.18 Å². The molecule has 1 atom stereocenters. The number of nitrogens with one attached hydrogen (secondary N) is 2. The van der Waals surface area contributed by atoms with Crippen LogP contribution in [0.15, 0.2) is 24.3 Å². The highest BCUT2D eigenvalue weighted by Crippen LogP contribution is 2.33. The molecule has 1 fully saturated rings. The number of ether oxygens (including phenoxy) is 1. The van der Waals surface area contributed by atoms with Gasteiger partial charge in [-0.15, -0.1) is 0 Å². The van der Waals surface area contributed by atoms with E-state index < -0.39 is 23.6 Å². The number of halogens is 3. The fourth-order valence-corrected chi connectivity index (χ4v) is 2.70. The van der Waals surface area contributed by atoms with Gasteiger partial charge in [0, 0.05) is 38.9 Å². The molecule has 1 heterocycles. The van der Waals surface area contributed by atoms with Crippen molar-refractivity contribution in [3.63, 3.8) is 0 Å². The molecule has 0 spiro atoms. The summed E-state index contributed by atoms with van der Waals surface area (Å²) >= 11 is 0. The summed E-state index contributed by atoms with van der Waals surface area (Å²) in [5.74, 6) is -1.79. The number of carbonyl (C=O) groups excluding carboxylic acids is 3. The number of nitrogens with zero attached hydrogens (tertiary/aromatic N) is 1. The zero-order chi connectivity index (χ0) is 20.0. The van der Waals surface area contributed by atoms with Gasteiger partial charge in [-0.25, -0.2) is 0 Å². The average molecular weight is 387 g/mol. The van der Waals surface area contributed by atoms with E-state index >= 15 is 0 Å². The number of amides is 3. The maximum Gasteiger partial charge on any atom is 0.416 e. The molecule has 0 aliphatic carbocycles. The Balaban J connectivity index is 1.89. The molecule has 1 aliphatic heterocycles. The maximum absolute atomic E-state index is 12.8. The fourth-order valence-electron chi connectivity index (χ4n) is 2.70. The first-order valence-corrected chi connectivity index (χ1v) is 8.23. The number of methoxy groups -OCH3 is 1. The number of carbonyl (C=O) groups is 3. The van der Waals surface area contributed by atoms with Gasteiger partial charge in [-0.2, -0.15) is 13.2 Å². The third-order valence-electron chi connectivity index (χ3n) is 4.00. The van der Waals surface area contributed by atoms with Gasteiger partial charge in [0.15, 0.2) is 0 Å². The molecular weight excluding hydrogens is 367 g/mol. The van der Waals surface area contributed by atoms with Crippen LogP contribution in [0.5, 0.6) is 0 Å². The molecule has 3 amide bonds. The molecule has 1 aromatic rings. The Morgan fingerprint density at radius 3 is 2.63 bits per heavy atom. The number of rotatable bonds is 7. The second kappa shape index (κ2) is 8.85. The first-order valence-electron chi connectivity index (χ1n) is 8.23. The van der Waals surface area contributed by atoms with Crippen molar-refractivity contribution in [1.82, 2.24) is 10.6 Å². The highest BCUT2D eigenvalue weighted by molar-refractivity contribution is 6.00. The van der Waals surface area contributed by atoms with Crippen molar-refractivity contribution < 1.29 is 32.3 Å². The Bertz CT molecular complexity index is 709. The molecule has 7 nitrogen and oxygen atoms in total. The van der Waals surface area contributed by atoms with Crippen molar-refractivity contribution in [2.75, 3.05) is 38.3 Å². The van der Waals surface area contributed by atoms with Crippen LogP contribution in [0.25, 0.3) is 0 Å². The SMILES string of the molecule is COCC(=O)NCCNC(=O)[C@H]1CC(=O)N(c2cccc(C(F)(F)F)c2)C1. The molecule has 1 saturated heterocycles. The minimum atomic E-state index is -4.51. The summed E-state index contributed by atoms with van der Waals surface area (Å²) in [6, 6.07) is 4.44. The van der Waals surface area contributed by atoms with Gasteiger partial charge in [0.1, 0.15) is 6.61 Å². The number of hydrogen-bond acceptors (Lipinski definition) is 4. The van der Waals surface area contributed by atoms with Gasteiger partial charge in [-0.05, 0) is 18.2 Å². The number of benzene rings is 1. The van der Waals surface area contributed by atoms with Crippen LogP contribution < -0.4 is 15.5 Å². The molecule has 0 bridgehead atoms. The predicted molar refractivity (Wildman–Crippen MR) is 89.8 cm³/mol. The Morgan fingerprint density at radius 2 is 1.96 bits per heavy atom. The number of hydrogen-bond donors (Lipinski definition) is 2. The molecule has 1 aromatic carbocycles. The Morgan fingerprint density at radius 1 is 1.26 bits per heavy atom. The highest BCUT2D eigenvalue weighted by atomic mass is 19.4. The summed E-state index contributed by atoms with van der Waals surface area (Å²) in [5.41, 5.74) is -0.746. The average Bonchev–Trinajstić information content (AvgIpc) is 3.00. The lowest BCUT2D eigenvalue weighted by Crippen LogP contribution is -2.39. The molecule has 0 aromatic heterocycles. The summed E-state index contributed by atoms with van der Waals surface area (Å²) in [6.07, 6.45) is -4.60. The Kier molecular flexibility index (Phi) is 6.78. The van der Waals surface area contributed by atoms with Crippen molar-refractivity contribution in [1.29, 1.82) is 0 Å². The minimum absolute atomic E-state index is 0.00200. The van der Waals surface area contributed by atoms with Crippen LogP contribution in [0.2, 0.25) is 0 Å². The second-order valence-corrected chi connectivity index (χ2v) is 6.03. The Labute approximate surface area is 153 Å². The highest BCUT2D eigenvalue weighted by Gasteiger charge is 2.36.